The van der Waals surface area contributed by atoms with Crippen molar-refractivity contribution in [1.82, 2.24) is 4.31 Å². The molecule has 166 valence electrons. The lowest BCUT2D eigenvalue weighted by molar-refractivity contribution is -0.137. The Morgan fingerprint density at radius 2 is 1.81 bits per heavy atom. The molecule has 32 heavy (non-hydrogen) atoms. The summed E-state index contributed by atoms with van der Waals surface area (Å²) in [6.45, 7) is 17.0. The topological polar surface area (TPSA) is 75.6 Å². The van der Waals surface area contributed by atoms with Crippen molar-refractivity contribution in [3.05, 3.63) is 76.7 Å². The first-order valence-corrected chi connectivity index (χ1v) is 10.2. The van der Waals surface area contributed by atoms with Crippen LogP contribution in [0.3, 0.4) is 0 Å². The number of halogens is 4. The quantitative estimate of drug-likeness (QED) is 0.403. The van der Waals surface area contributed by atoms with E-state index in [2.05, 4.69) is 16.3 Å². The summed E-state index contributed by atoms with van der Waals surface area (Å²) in [5.41, 5.74) is -2.05. The zero-order valence-corrected chi connectivity index (χ0v) is 16.8. The van der Waals surface area contributed by atoms with Gasteiger partial charge in [0.05, 0.1) is 24.6 Å². The minimum Gasteiger partial charge on any atom is -0.505 e. The molecular weight excluding hydrogens is 454 g/mol. The number of benzene rings is 2. The molecule has 0 radical (unpaired) electrons. The van der Waals surface area contributed by atoms with E-state index >= 15 is 0 Å². The molecule has 3 rings (SSSR count). The van der Waals surface area contributed by atoms with Crippen LogP contribution in [0.5, 0.6) is 11.5 Å². The molecule has 1 atom stereocenters. The summed E-state index contributed by atoms with van der Waals surface area (Å²) in [5, 5.41) is 9.94. The number of hydrogen-bond acceptors (Lipinski definition) is 4. The van der Waals surface area contributed by atoms with Gasteiger partial charge in [0.15, 0.2) is 5.75 Å². The van der Waals surface area contributed by atoms with Crippen LogP contribution in [-0.2, 0) is 16.2 Å². The maximum Gasteiger partial charge on any atom is 0.415 e. The van der Waals surface area contributed by atoms with E-state index < -0.39 is 55.7 Å². The predicted molar refractivity (Wildman–Crippen MR) is 104 cm³/mol. The van der Waals surface area contributed by atoms with Gasteiger partial charge in [0, 0.05) is 18.2 Å². The molecule has 0 aromatic heterocycles. The number of alkyl halides is 3. The zero-order chi connectivity index (χ0) is 23.8. The van der Waals surface area contributed by atoms with Crippen molar-refractivity contribution in [2.24, 2.45) is 0 Å². The molecule has 0 spiro atoms. The summed E-state index contributed by atoms with van der Waals surface area (Å²) in [6, 6.07) is 3.37. The van der Waals surface area contributed by atoms with Crippen molar-refractivity contribution in [3.8, 4) is 11.5 Å². The Balaban J connectivity index is 1.88. The second-order valence-electron chi connectivity index (χ2n) is 6.74. The standard InChI is InChI=1S/C20H13F4N3O4S/c1-11-9-27(10-18(11)31-17-7-13(21)14(25-2)8-16(17)28)32(29,30)19-5-4-12(20(22,23)24)6-15(19)26-3/h4-8,18,28H,1,9-10H2/t18-/m0/s1. The van der Waals surface area contributed by atoms with E-state index in [0.29, 0.717) is 18.2 Å². The lowest BCUT2D eigenvalue weighted by Crippen LogP contribution is -2.31. The Morgan fingerprint density at radius 1 is 1.16 bits per heavy atom. The normalized spacial score (nSPS) is 17.1. The number of ether oxygens (including phenoxy) is 1. The summed E-state index contributed by atoms with van der Waals surface area (Å²) in [6.07, 6.45) is -5.76. The van der Waals surface area contributed by atoms with Crippen LogP contribution in [0.4, 0.5) is 28.9 Å². The van der Waals surface area contributed by atoms with Crippen LogP contribution in [0.1, 0.15) is 5.56 Å². The molecular formula is C20H13F4N3O4S. The number of sulfonamides is 1. The number of nitrogens with zero attached hydrogens (tertiary/aromatic N) is 3. The van der Waals surface area contributed by atoms with Gasteiger partial charge in [0.2, 0.25) is 21.4 Å². The van der Waals surface area contributed by atoms with E-state index in [9.17, 15) is 31.1 Å². The van der Waals surface area contributed by atoms with Gasteiger partial charge < -0.3 is 9.84 Å². The van der Waals surface area contributed by atoms with E-state index in [1.54, 1.807) is 0 Å². The summed E-state index contributed by atoms with van der Waals surface area (Å²) in [4.78, 5) is 5.20. The van der Waals surface area contributed by atoms with Crippen molar-refractivity contribution in [1.29, 1.82) is 0 Å². The lowest BCUT2D eigenvalue weighted by Gasteiger charge is -2.19. The van der Waals surface area contributed by atoms with Gasteiger partial charge in [-0.3, -0.25) is 0 Å². The Bertz CT molecular complexity index is 1290. The Kier molecular flexibility index (Phi) is 5.87. The first kappa shape index (κ1) is 23.1. The maximum atomic E-state index is 13.8. The van der Waals surface area contributed by atoms with Crippen LogP contribution in [-0.4, -0.2) is 37.0 Å². The molecule has 0 aliphatic carbocycles. The summed E-state index contributed by atoms with van der Waals surface area (Å²) >= 11 is 0. The molecule has 2 aromatic rings. The summed E-state index contributed by atoms with van der Waals surface area (Å²) in [7, 11) is -4.40. The number of phenolic OH excluding ortho intramolecular Hbond substituents is 1. The number of phenols is 1. The van der Waals surface area contributed by atoms with Crippen LogP contribution >= 0.6 is 0 Å². The first-order chi connectivity index (χ1) is 14.9. The molecule has 1 N–H and O–H groups in total. The van der Waals surface area contributed by atoms with Gasteiger partial charge in [-0.2, -0.15) is 17.5 Å². The third-order valence-electron chi connectivity index (χ3n) is 4.65. The fraction of sp³-hybridized carbons (Fsp3) is 0.200. The van der Waals surface area contributed by atoms with E-state index in [-0.39, 0.29) is 24.4 Å². The van der Waals surface area contributed by atoms with Crippen LogP contribution in [0.2, 0.25) is 0 Å². The van der Waals surface area contributed by atoms with Gasteiger partial charge in [0.1, 0.15) is 17.7 Å². The molecule has 12 heteroatoms. The summed E-state index contributed by atoms with van der Waals surface area (Å²) in [5.74, 6) is -1.83. The van der Waals surface area contributed by atoms with E-state index in [0.717, 1.165) is 16.4 Å². The van der Waals surface area contributed by atoms with Crippen LogP contribution in [0, 0.1) is 19.0 Å². The average molecular weight is 467 g/mol. The maximum absolute atomic E-state index is 13.8. The van der Waals surface area contributed by atoms with Gasteiger partial charge in [-0.1, -0.05) is 18.7 Å². The largest absolute Gasteiger partial charge is 0.505 e. The average Bonchev–Trinajstić information content (AvgIpc) is 3.10. The SMILES string of the molecule is [C-]#[N+]c1cc(O)c(O[C@H]2CN(S(=O)(=O)c3ccc(C(F)(F)F)cc3[N+]#[C-])CC2=C)cc1F. The molecule has 1 fully saturated rings. The van der Waals surface area contributed by atoms with Crippen LogP contribution < -0.4 is 4.74 Å². The third kappa shape index (κ3) is 4.23. The molecule has 1 saturated heterocycles. The highest BCUT2D eigenvalue weighted by Crippen LogP contribution is 2.38. The molecule has 7 nitrogen and oxygen atoms in total. The predicted octanol–water partition coefficient (Wildman–Crippen LogP) is 4.66. The molecule has 2 aromatic carbocycles. The van der Waals surface area contributed by atoms with Crippen LogP contribution in [0.25, 0.3) is 9.69 Å². The fourth-order valence-electron chi connectivity index (χ4n) is 3.01. The van der Waals surface area contributed by atoms with Crippen LogP contribution in [0.15, 0.2) is 47.4 Å². The highest BCUT2D eigenvalue weighted by atomic mass is 32.2. The van der Waals surface area contributed by atoms with Gasteiger partial charge >= 0.3 is 6.18 Å². The fourth-order valence-corrected chi connectivity index (χ4v) is 4.57. The molecule has 1 aliphatic rings. The highest BCUT2D eigenvalue weighted by Gasteiger charge is 2.39. The smallest absolute Gasteiger partial charge is 0.415 e. The molecule has 1 aliphatic heterocycles. The van der Waals surface area contributed by atoms with Crippen molar-refractivity contribution in [2.75, 3.05) is 13.1 Å². The highest BCUT2D eigenvalue weighted by molar-refractivity contribution is 7.89. The van der Waals surface area contributed by atoms with Gasteiger partial charge in [-0.05, 0) is 17.7 Å². The summed E-state index contributed by atoms with van der Waals surface area (Å²) < 4.78 is 84.8. The Hall–Kier alpha value is -3.61. The van der Waals surface area contributed by atoms with Gasteiger partial charge in [-0.25, -0.2) is 22.5 Å². The minimum atomic E-state index is -4.75. The van der Waals surface area contributed by atoms with Crippen molar-refractivity contribution in [3.63, 3.8) is 0 Å². The lowest BCUT2D eigenvalue weighted by atomic mass is 10.2. The number of hydrogen-bond donors (Lipinski definition) is 1. The Labute approximate surface area is 180 Å². The molecule has 1 heterocycles. The second-order valence-corrected chi connectivity index (χ2v) is 8.64. The second kappa shape index (κ2) is 8.15. The molecule has 0 unspecified atom stereocenters. The van der Waals surface area contributed by atoms with Crippen molar-refractivity contribution >= 4 is 21.4 Å². The Morgan fingerprint density at radius 3 is 2.41 bits per heavy atom. The van der Waals surface area contributed by atoms with Gasteiger partial charge in [-0.15, -0.1) is 0 Å². The van der Waals surface area contributed by atoms with E-state index in [1.165, 1.54) is 0 Å². The van der Waals surface area contributed by atoms with Gasteiger partial charge in [0.25, 0.3) is 0 Å². The minimum absolute atomic E-state index is 0.235. The first-order valence-electron chi connectivity index (χ1n) is 8.71. The van der Waals surface area contributed by atoms with E-state index in [1.807, 2.05) is 0 Å². The van der Waals surface area contributed by atoms with E-state index in [4.69, 9.17) is 17.9 Å². The zero-order valence-electron chi connectivity index (χ0n) is 16.0. The van der Waals surface area contributed by atoms with Crippen molar-refractivity contribution in [2.45, 2.75) is 17.2 Å². The molecule has 0 saturated carbocycles. The molecule has 0 bridgehead atoms. The van der Waals surface area contributed by atoms with Crippen molar-refractivity contribution < 1.29 is 35.8 Å². The monoisotopic (exact) mass is 467 g/mol. The molecule has 0 amide bonds. The number of rotatable bonds is 4. The third-order valence-corrected chi connectivity index (χ3v) is 6.51. The number of aromatic hydroxyl groups is 1.